The number of benzene rings is 1. The Hall–Kier alpha value is -1.06. The third kappa shape index (κ3) is 2.99. The Morgan fingerprint density at radius 2 is 1.82 bits per heavy atom. The molecule has 0 aliphatic carbocycles. The normalized spacial score (nSPS) is 12.6. The van der Waals surface area contributed by atoms with Gasteiger partial charge in [0.05, 0.1) is 12.4 Å². The van der Waals surface area contributed by atoms with Crippen molar-refractivity contribution in [3.05, 3.63) is 58.0 Å². The van der Waals surface area contributed by atoms with Gasteiger partial charge in [-0.1, -0.05) is 31.2 Å². The van der Waals surface area contributed by atoms with E-state index in [0.717, 1.165) is 17.5 Å². The molecule has 1 N–H and O–H groups in total. The fourth-order valence-corrected chi connectivity index (χ4v) is 2.29. The number of hydrogen-bond donors (Lipinski definition) is 1. The quantitative estimate of drug-likeness (QED) is 0.928. The second-order valence-corrected chi connectivity index (χ2v) is 4.76. The number of aliphatic hydroxyl groups is 1. The van der Waals surface area contributed by atoms with Gasteiger partial charge in [0, 0.05) is 12.0 Å². The highest BCUT2D eigenvalue weighted by Gasteiger charge is 2.14. The molecule has 0 radical (unpaired) electrons. The van der Waals surface area contributed by atoms with Crippen LogP contribution in [0.15, 0.2) is 45.7 Å². The fraction of sp³-hybridized carbons (Fsp3) is 0.286. The van der Waals surface area contributed by atoms with E-state index in [4.69, 9.17) is 4.42 Å². The van der Waals surface area contributed by atoms with Crippen molar-refractivity contribution in [3.63, 3.8) is 0 Å². The minimum atomic E-state index is -0.532. The van der Waals surface area contributed by atoms with Gasteiger partial charge in [-0.3, -0.25) is 0 Å². The largest absolute Gasteiger partial charge is 0.457 e. The van der Waals surface area contributed by atoms with Crippen molar-refractivity contribution >= 4 is 15.9 Å². The van der Waals surface area contributed by atoms with Crippen LogP contribution < -0.4 is 0 Å². The lowest BCUT2D eigenvalue weighted by molar-refractivity contribution is 0.176. The first-order chi connectivity index (χ1) is 8.20. The first-order valence-electron chi connectivity index (χ1n) is 5.69. The fourth-order valence-electron chi connectivity index (χ4n) is 1.79. The van der Waals surface area contributed by atoms with Crippen LogP contribution in [0.25, 0.3) is 0 Å². The Morgan fingerprint density at radius 3 is 2.35 bits per heavy atom. The zero-order valence-electron chi connectivity index (χ0n) is 9.69. The van der Waals surface area contributed by atoms with Gasteiger partial charge in [-0.2, -0.15) is 0 Å². The van der Waals surface area contributed by atoms with Crippen LogP contribution >= 0.6 is 15.9 Å². The van der Waals surface area contributed by atoms with E-state index in [1.807, 2.05) is 0 Å². The summed E-state index contributed by atoms with van der Waals surface area (Å²) in [5.41, 5.74) is 3.24. The van der Waals surface area contributed by atoms with Crippen molar-refractivity contribution in [1.29, 1.82) is 0 Å². The summed E-state index contributed by atoms with van der Waals surface area (Å²) in [7, 11) is 0. The van der Waals surface area contributed by atoms with Crippen molar-refractivity contribution < 1.29 is 9.52 Å². The lowest BCUT2D eigenvalue weighted by Gasteiger charge is -2.09. The van der Waals surface area contributed by atoms with Crippen LogP contribution in [0.3, 0.4) is 0 Å². The highest BCUT2D eigenvalue weighted by molar-refractivity contribution is 9.10. The molecule has 0 amide bonds. The predicted molar refractivity (Wildman–Crippen MR) is 70.9 cm³/mol. The van der Waals surface area contributed by atoms with Crippen LogP contribution in [0.2, 0.25) is 0 Å². The van der Waals surface area contributed by atoms with Gasteiger partial charge in [-0.05, 0) is 39.5 Å². The van der Waals surface area contributed by atoms with Crippen molar-refractivity contribution in [2.45, 2.75) is 25.9 Å². The van der Waals surface area contributed by atoms with E-state index in [1.165, 1.54) is 5.56 Å². The second-order valence-electron chi connectivity index (χ2n) is 4.04. The maximum atomic E-state index is 10.1. The first-order valence-corrected chi connectivity index (χ1v) is 6.48. The molecular formula is C14H15BrO2. The lowest BCUT2D eigenvalue weighted by Crippen LogP contribution is -2.01. The van der Waals surface area contributed by atoms with Gasteiger partial charge in [-0.15, -0.1) is 0 Å². The zero-order valence-corrected chi connectivity index (χ0v) is 11.3. The third-order valence-electron chi connectivity index (χ3n) is 2.87. The number of furan rings is 1. The molecule has 0 fully saturated rings. The highest BCUT2D eigenvalue weighted by atomic mass is 79.9. The molecule has 3 heteroatoms. The molecule has 0 bridgehead atoms. The summed E-state index contributed by atoms with van der Waals surface area (Å²) in [5.74, 6) is 0. The summed E-state index contributed by atoms with van der Waals surface area (Å²) in [6, 6.07) is 10.1. The summed E-state index contributed by atoms with van der Waals surface area (Å²) in [5, 5.41) is 10.1. The third-order valence-corrected chi connectivity index (χ3v) is 3.51. The molecule has 0 aliphatic heterocycles. The molecule has 2 rings (SSSR count). The van der Waals surface area contributed by atoms with Crippen LogP contribution in [-0.2, 0) is 12.8 Å². The maximum Gasteiger partial charge on any atom is 0.174 e. The Balaban J connectivity index is 2.07. The monoisotopic (exact) mass is 294 g/mol. The molecule has 90 valence electrons. The van der Waals surface area contributed by atoms with Crippen LogP contribution in [0, 0.1) is 0 Å². The summed E-state index contributed by atoms with van der Waals surface area (Å²) in [4.78, 5) is 0. The van der Waals surface area contributed by atoms with E-state index in [-0.39, 0.29) is 0 Å². The highest BCUT2D eigenvalue weighted by Crippen LogP contribution is 2.27. The number of aliphatic hydroxyl groups excluding tert-OH is 1. The maximum absolute atomic E-state index is 10.1. The van der Waals surface area contributed by atoms with Gasteiger partial charge in [-0.25, -0.2) is 0 Å². The van der Waals surface area contributed by atoms with E-state index in [9.17, 15) is 5.11 Å². The van der Waals surface area contributed by atoms with Gasteiger partial charge < -0.3 is 9.52 Å². The van der Waals surface area contributed by atoms with Gasteiger partial charge >= 0.3 is 0 Å². The summed E-state index contributed by atoms with van der Waals surface area (Å²) in [6.07, 6.45) is 2.68. The summed E-state index contributed by atoms with van der Waals surface area (Å²) >= 11 is 3.28. The Bertz CT molecular complexity index is 473. The number of hydrogen-bond acceptors (Lipinski definition) is 2. The number of rotatable bonds is 4. The molecule has 1 aromatic carbocycles. The topological polar surface area (TPSA) is 33.4 Å². The molecule has 1 aromatic heterocycles. The lowest BCUT2D eigenvalue weighted by atomic mass is 10.0. The van der Waals surface area contributed by atoms with Gasteiger partial charge in [0.15, 0.2) is 4.67 Å². The standard InChI is InChI=1S/C14H15BrO2/c1-2-10-3-5-11(6-4-10)9-13(16)12-7-8-17-14(12)15/h3-8,13,16H,2,9H2,1H3. The van der Waals surface area contributed by atoms with Crippen LogP contribution in [0.5, 0.6) is 0 Å². The second kappa shape index (κ2) is 5.52. The van der Waals surface area contributed by atoms with E-state index in [2.05, 4.69) is 47.1 Å². The van der Waals surface area contributed by atoms with Crippen LogP contribution in [-0.4, -0.2) is 5.11 Å². The van der Waals surface area contributed by atoms with Crippen molar-refractivity contribution in [2.75, 3.05) is 0 Å². The molecule has 1 unspecified atom stereocenters. The van der Waals surface area contributed by atoms with Crippen LogP contribution in [0.1, 0.15) is 29.7 Å². The summed E-state index contributed by atoms with van der Waals surface area (Å²) in [6.45, 7) is 2.13. The van der Waals surface area contributed by atoms with E-state index in [0.29, 0.717) is 11.1 Å². The SMILES string of the molecule is CCc1ccc(CC(O)c2ccoc2Br)cc1. The predicted octanol–water partition coefficient (Wildman–Crippen LogP) is 3.88. The molecule has 2 aromatic rings. The first kappa shape index (κ1) is 12.4. The summed E-state index contributed by atoms with van der Waals surface area (Å²) < 4.78 is 5.72. The molecule has 1 heterocycles. The molecule has 0 spiro atoms. The average molecular weight is 295 g/mol. The Kier molecular flexibility index (Phi) is 4.02. The zero-order chi connectivity index (χ0) is 12.3. The van der Waals surface area contributed by atoms with Gasteiger partial charge in [0.2, 0.25) is 0 Å². The van der Waals surface area contributed by atoms with Crippen LogP contribution in [0.4, 0.5) is 0 Å². The van der Waals surface area contributed by atoms with Crippen molar-refractivity contribution in [3.8, 4) is 0 Å². The minimum absolute atomic E-state index is 0.532. The molecule has 0 saturated carbocycles. The minimum Gasteiger partial charge on any atom is -0.457 e. The van der Waals surface area contributed by atoms with E-state index in [1.54, 1.807) is 12.3 Å². The smallest absolute Gasteiger partial charge is 0.174 e. The molecule has 0 aliphatic rings. The molecule has 1 atom stereocenters. The number of halogens is 1. The van der Waals surface area contributed by atoms with E-state index < -0.39 is 6.10 Å². The Morgan fingerprint density at radius 1 is 1.18 bits per heavy atom. The average Bonchev–Trinajstić information content (AvgIpc) is 2.76. The molecule has 2 nitrogen and oxygen atoms in total. The molecule has 0 saturated heterocycles. The van der Waals surface area contributed by atoms with Gasteiger partial charge in [0.1, 0.15) is 0 Å². The molecular weight excluding hydrogens is 280 g/mol. The Labute approximate surface area is 109 Å². The van der Waals surface area contributed by atoms with Crippen molar-refractivity contribution in [2.24, 2.45) is 0 Å². The van der Waals surface area contributed by atoms with E-state index >= 15 is 0 Å². The van der Waals surface area contributed by atoms with Crippen molar-refractivity contribution in [1.82, 2.24) is 0 Å². The number of aryl methyl sites for hydroxylation is 1. The molecule has 17 heavy (non-hydrogen) atoms. The van der Waals surface area contributed by atoms with Gasteiger partial charge in [0.25, 0.3) is 0 Å².